The van der Waals surface area contributed by atoms with Gasteiger partial charge >= 0.3 is 0 Å². The molecule has 3 heterocycles. The Hall–Kier alpha value is -3.06. The lowest BCUT2D eigenvalue weighted by atomic mass is 9.84. The van der Waals surface area contributed by atoms with Crippen molar-refractivity contribution in [1.82, 2.24) is 10.2 Å². The van der Waals surface area contributed by atoms with Crippen LogP contribution in [0.4, 0.5) is 5.69 Å². The van der Waals surface area contributed by atoms with Crippen LogP contribution < -0.4 is 15.4 Å². The van der Waals surface area contributed by atoms with Crippen molar-refractivity contribution in [3.8, 4) is 5.75 Å². The molecule has 32 heavy (non-hydrogen) atoms. The van der Waals surface area contributed by atoms with Gasteiger partial charge in [-0.15, -0.1) is 0 Å². The number of likely N-dealkylation sites (tertiary alicyclic amines) is 1. The van der Waals surface area contributed by atoms with Crippen molar-refractivity contribution in [1.29, 1.82) is 0 Å². The van der Waals surface area contributed by atoms with Crippen LogP contribution in [0.2, 0.25) is 0 Å². The monoisotopic (exact) mass is 435 g/mol. The van der Waals surface area contributed by atoms with Crippen molar-refractivity contribution in [3.63, 3.8) is 0 Å². The zero-order chi connectivity index (χ0) is 22.2. The molecule has 1 atom stereocenters. The first-order chi connectivity index (χ1) is 15.5. The van der Waals surface area contributed by atoms with E-state index >= 15 is 0 Å². The second kappa shape index (κ2) is 8.13. The van der Waals surface area contributed by atoms with E-state index in [-0.39, 0.29) is 17.4 Å². The zero-order valence-electron chi connectivity index (χ0n) is 18.4. The molecule has 0 aliphatic carbocycles. The minimum atomic E-state index is -0.583. The lowest BCUT2D eigenvalue weighted by molar-refractivity contribution is -0.135. The molecule has 0 bridgehead atoms. The fourth-order valence-electron chi connectivity index (χ4n) is 5.09. The van der Waals surface area contributed by atoms with Crippen molar-refractivity contribution in [2.75, 3.05) is 31.6 Å². The Morgan fingerprint density at radius 2 is 1.84 bits per heavy atom. The van der Waals surface area contributed by atoms with E-state index < -0.39 is 5.66 Å². The van der Waals surface area contributed by atoms with Gasteiger partial charge in [-0.25, -0.2) is 0 Å². The number of amides is 2. The molecule has 2 fully saturated rings. The number of para-hydroxylation sites is 1. The third-order valence-electron chi connectivity index (χ3n) is 6.76. The maximum Gasteiger partial charge on any atom is 0.255 e. The summed E-state index contributed by atoms with van der Waals surface area (Å²) in [7, 11) is 0. The molecule has 2 aromatic rings. The summed E-state index contributed by atoms with van der Waals surface area (Å²) in [6.45, 7) is 4.33. The summed E-state index contributed by atoms with van der Waals surface area (Å²) < 4.78 is 11.8. The average Bonchev–Trinajstić information content (AvgIpc) is 3.12. The smallest absolute Gasteiger partial charge is 0.255 e. The summed E-state index contributed by atoms with van der Waals surface area (Å²) in [6.07, 6.45) is 2.62. The quantitative estimate of drug-likeness (QED) is 0.772. The number of hydrogen-bond acceptors (Lipinski definition) is 5. The summed E-state index contributed by atoms with van der Waals surface area (Å²) in [5.41, 5.74) is 1.60. The van der Waals surface area contributed by atoms with E-state index in [1.165, 1.54) is 0 Å². The molecule has 5 rings (SSSR count). The molecule has 168 valence electrons. The molecule has 3 aliphatic heterocycles. The van der Waals surface area contributed by atoms with Gasteiger partial charge in [-0.05, 0) is 49.6 Å². The highest BCUT2D eigenvalue weighted by Gasteiger charge is 2.53. The predicted octanol–water partition coefficient (Wildman–Crippen LogP) is 2.96. The molecule has 0 unspecified atom stereocenters. The Labute approximate surface area is 188 Å². The Morgan fingerprint density at radius 3 is 2.59 bits per heavy atom. The van der Waals surface area contributed by atoms with Gasteiger partial charge in [0.2, 0.25) is 5.91 Å². The number of nitrogens with one attached hydrogen (secondary N) is 2. The number of fused-ring (bicyclic) bond motifs is 1. The number of carbonyl (C=O) groups is 2. The number of benzene rings is 2. The number of anilines is 1. The van der Waals surface area contributed by atoms with Gasteiger partial charge in [0, 0.05) is 25.2 Å². The first-order valence-corrected chi connectivity index (χ1v) is 11.3. The van der Waals surface area contributed by atoms with E-state index in [0.717, 1.165) is 29.8 Å². The van der Waals surface area contributed by atoms with Crippen LogP contribution in [0.25, 0.3) is 0 Å². The lowest BCUT2D eigenvalue weighted by Crippen LogP contribution is -2.59. The Morgan fingerprint density at radius 1 is 1.09 bits per heavy atom. The van der Waals surface area contributed by atoms with Gasteiger partial charge in [0.05, 0.1) is 30.8 Å². The number of hydrogen-bond donors (Lipinski definition) is 2. The van der Waals surface area contributed by atoms with E-state index in [2.05, 4.69) is 10.6 Å². The summed E-state index contributed by atoms with van der Waals surface area (Å²) >= 11 is 0. The molecule has 2 spiro atoms. The highest BCUT2D eigenvalue weighted by atomic mass is 16.5. The number of nitrogens with zero attached hydrogens (tertiary/aromatic N) is 1. The maximum absolute atomic E-state index is 12.8. The molecule has 2 aromatic carbocycles. The minimum Gasteiger partial charge on any atom is -0.494 e. The zero-order valence-corrected chi connectivity index (χ0v) is 18.4. The van der Waals surface area contributed by atoms with Gasteiger partial charge in [-0.2, -0.15) is 0 Å². The van der Waals surface area contributed by atoms with Gasteiger partial charge in [-0.3, -0.25) is 9.59 Å². The molecule has 0 aromatic heterocycles. The van der Waals surface area contributed by atoms with Crippen molar-refractivity contribution in [2.24, 2.45) is 0 Å². The molecule has 7 nitrogen and oxygen atoms in total. The Kier molecular flexibility index (Phi) is 5.29. The van der Waals surface area contributed by atoms with E-state index in [1.807, 2.05) is 60.4 Å². The first-order valence-electron chi connectivity index (χ1n) is 11.3. The second-order valence-corrected chi connectivity index (χ2v) is 8.99. The number of ether oxygens (including phenoxy) is 2. The topological polar surface area (TPSA) is 79.9 Å². The SMILES string of the molecule is CCOc1ccc(CC(=O)N2CCC3(CC2)C[C@]2(CO3)NC(=O)c3ccccc3N2)cc1. The summed E-state index contributed by atoms with van der Waals surface area (Å²) in [4.78, 5) is 27.4. The van der Waals surface area contributed by atoms with Crippen molar-refractivity contribution >= 4 is 17.5 Å². The van der Waals surface area contributed by atoms with Crippen LogP contribution in [0, 0.1) is 0 Å². The van der Waals surface area contributed by atoms with Crippen LogP contribution in [0.5, 0.6) is 5.75 Å². The minimum absolute atomic E-state index is 0.0667. The van der Waals surface area contributed by atoms with Gasteiger partial charge in [0.1, 0.15) is 11.4 Å². The number of carbonyl (C=O) groups excluding carboxylic acids is 2. The van der Waals surface area contributed by atoms with Gasteiger partial charge in [0.15, 0.2) is 0 Å². The average molecular weight is 436 g/mol. The van der Waals surface area contributed by atoms with Crippen LogP contribution in [-0.2, 0) is 16.0 Å². The predicted molar refractivity (Wildman–Crippen MR) is 121 cm³/mol. The van der Waals surface area contributed by atoms with E-state index in [1.54, 1.807) is 0 Å². The molecular weight excluding hydrogens is 406 g/mol. The summed E-state index contributed by atoms with van der Waals surface area (Å²) in [6, 6.07) is 15.3. The first kappa shape index (κ1) is 20.8. The van der Waals surface area contributed by atoms with Crippen LogP contribution in [0.3, 0.4) is 0 Å². The van der Waals surface area contributed by atoms with Crippen LogP contribution in [0.15, 0.2) is 48.5 Å². The highest BCUT2D eigenvalue weighted by Crippen LogP contribution is 2.42. The van der Waals surface area contributed by atoms with Gasteiger partial charge < -0.3 is 25.0 Å². The Bertz CT molecular complexity index is 1010. The van der Waals surface area contributed by atoms with Crippen LogP contribution in [-0.4, -0.2) is 54.3 Å². The van der Waals surface area contributed by atoms with E-state index in [4.69, 9.17) is 9.47 Å². The number of rotatable bonds is 4. The molecule has 2 saturated heterocycles. The molecule has 2 N–H and O–H groups in total. The Balaban J connectivity index is 1.19. The third kappa shape index (κ3) is 3.93. The third-order valence-corrected chi connectivity index (χ3v) is 6.76. The summed E-state index contributed by atoms with van der Waals surface area (Å²) in [5.74, 6) is 0.889. The fourth-order valence-corrected chi connectivity index (χ4v) is 5.09. The summed E-state index contributed by atoms with van der Waals surface area (Å²) in [5, 5.41) is 6.64. The molecule has 0 saturated carbocycles. The van der Waals surface area contributed by atoms with Gasteiger partial charge in [0.25, 0.3) is 5.91 Å². The lowest BCUT2D eigenvalue weighted by Gasteiger charge is -2.41. The van der Waals surface area contributed by atoms with E-state index in [9.17, 15) is 9.59 Å². The van der Waals surface area contributed by atoms with Crippen LogP contribution in [0.1, 0.15) is 42.1 Å². The number of piperidine rings is 1. The second-order valence-electron chi connectivity index (χ2n) is 8.99. The molecular formula is C25H29N3O4. The van der Waals surface area contributed by atoms with Crippen molar-refractivity contribution < 1.29 is 19.1 Å². The highest BCUT2D eigenvalue weighted by molar-refractivity contribution is 6.02. The van der Waals surface area contributed by atoms with E-state index in [0.29, 0.717) is 44.7 Å². The molecule has 2 amide bonds. The van der Waals surface area contributed by atoms with Gasteiger partial charge in [-0.1, -0.05) is 24.3 Å². The van der Waals surface area contributed by atoms with Crippen molar-refractivity contribution in [2.45, 2.75) is 43.9 Å². The maximum atomic E-state index is 12.8. The molecule has 3 aliphatic rings. The van der Waals surface area contributed by atoms with Crippen LogP contribution >= 0.6 is 0 Å². The normalized spacial score (nSPS) is 23.5. The molecule has 0 radical (unpaired) electrons. The molecule has 7 heteroatoms. The van der Waals surface area contributed by atoms with Crippen molar-refractivity contribution in [3.05, 3.63) is 59.7 Å². The largest absolute Gasteiger partial charge is 0.494 e. The standard InChI is InChI=1S/C25H29N3O4/c1-2-31-19-9-7-18(8-10-19)15-22(29)28-13-11-24(12-14-28)16-25(17-32-24)26-21-6-4-3-5-20(21)23(30)27-25/h3-10,26H,2,11-17H2,1H3,(H,27,30)/t25-/m1/s1. The fraction of sp³-hybridized carbons (Fsp3) is 0.440.